The van der Waals surface area contributed by atoms with E-state index in [4.69, 9.17) is 0 Å². The average Bonchev–Trinajstić information content (AvgIpc) is 3.20. The van der Waals surface area contributed by atoms with E-state index in [1.165, 1.54) is 16.4 Å². The number of halogens is 1. The lowest BCUT2D eigenvalue weighted by Gasteiger charge is -2.34. The van der Waals surface area contributed by atoms with Crippen LogP contribution in [0.2, 0.25) is 0 Å². The van der Waals surface area contributed by atoms with Crippen molar-refractivity contribution in [3.05, 3.63) is 30.1 Å². The standard InChI is InChI=1S/C19H27FN4O4S/c1-14(18(25)22-19(26)21-16-4-2-3-5-16)23-10-12-24(13-11-23)29(27,28)17-8-6-15(20)7-9-17/h6-9,14,16H,2-5,10-13H2,1H3,(H2,21,22,25,26)/p+1/t14-/m0/s1. The Morgan fingerprint density at radius 1 is 1.14 bits per heavy atom. The number of urea groups is 1. The number of nitrogens with one attached hydrogen (secondary N) is 3. The van der Waals surface area contributed by atoms with Gasteiger partial charge in [-0.05, 0) is 44.0 Å². The molecule has 1 saturated heterocycles. The van der Waals surface area contributed by atoms with Crippen LogP contribution in [-0.4, -0.2) is 62.9 Å². The zero-order valence-electron chi connectivity index (χ0n) is 16.5. The van der Waals surface area contributed by atoms with E-state index in [1.54, 1.807) is 6.92 Å². The van der Waals surface area contributed by atoms with Crippen molar-refractivity contribution in [3.8, 4) is 0 Å². The molecule has 1 aliphatic carbocycles. The molecule has 2 fully saturated rings. The fourth-order valence-corrected chi connectivity index (χ4v) is 5.34. The maximum atomic E-state index is 13.1. The maximum Gasteiger partial charge on any atom is 0.321 e. The minimum absolute atomic E-state index is 0.0525. The van der Waals surface area contributed by atoms with Gasteiger partial charge < -0.3 is 10.2 Å². The molecule has 10 heteroatoms. The summed E-state index contributed by atoms with van der Waals surface area (Å²) in [5.41, 5.74) is 0. The highest BCUT2D eigenvalue weighted by atomic mass is 32.2. The van der Waals surface area contributed by atoms with Gasteiger partial charge in [0.2, 0.25) is 10.0 Å². The van der Waals surface area contributed by atoms with Crippen molar-refractivity contribution >= 4 is 22.0 Å². The molecule has 1 atom stereocenters. The number of carbonyl (C=O) groups excluding carboxylic acids is 2. The number of amides is 3. The molecule has 0 spiro atoms. The first-order chi connectivity index (χ1) is 13.8. The van der Waals surface area contributed by atoms with Gasteiger partial charge in [-0.3, -0.25) is 10.1 Å². The van der Waals surface area contributed by atoms with Gasteiger partial charge in [0.15, 0.2) is 6.04 Å². The van der Waals surface area contributed by atoms with Crippen molar-refractivity contribution in [1.29, 1.82) is 0 Å². The summed E-state index contributed by atoms with van der Waals surface area (Å²) in [4.78, 5) is 25.4. The summed E-state index contributed by atoms with van der Waals surface area (Å²) in [6, 6.07) is 3.94. The van der Waals surface area contributed by atoms with E-state index >= 15 is 0 Å². The molecule has 0 aromatic heterocycles. The van der Waals surface area contributed by atoms with Crippen LogP contribution in [-0.2, 0) is 14.8 Å². The van der Waals surface area contributed by atoms with Gasteiger partial charge in [-0.15, -0.1) is 0 Å². The van der Waals surface area contributed by atoms with Crippen LogP contribution in [0.5, 0.6) is 0 Å². The van der Waals surface area contributed by atoms with Crippen molar-refractivity contribution in [1.82, 2.24) is 14.9 Å². The number of quaternary nitrogens is 1. The highest BCUT2D eigenvalue weighted by molar-refractivity contribution is 7.89. The summed E-state index contributed by atoms with van der Waals surface area (Å²) in [6.45, 7) is 3.12. The van der Waals surface area contributed by atoms with Crippen molar-refractivity contribution < 1.29 is 27.3 Å². The summed E-state index contributed by atoms with van der Waals surface area (Å²) >= 11 is 0. The van der Waals surface area contributed by atoms with Crippen molar-refractivity contribution in [2.75, 3.05) is 26.2 Å². The number of sulfonamides is 1. The second-order valence-electron chi connectivity index (χ2n) is 7.68. The summed E-state index contributed by atoms with van der Waals surface area (Å²) in [5, 5.41) is 5.22. The largest absolute Gasteiger partial charge is 0.335 e. The van der Waals surface area contributed by atoms with Gasteiger partial charge >= 0.3 is 6.03 Å². The molecular weight excluding hydrogens is 399 g/mol. The summed E-state index contributed by atoms with van der Waals surface area (Å²) < 4.78 is 39.8. The molecule has 1 saturated carbocycles. The van der Waals surface area contributed by atoms with Crippen LogP contribution in [0.1, 0.15) is 32.6 Å². The van der Waals surface area contributed by atoms with Gasteiger partial charge in [0.1, 0.15) is 5.82 Å². The number of hydrogen-bond donors (Lipinski definition) is 3. The van der Waals surface area contributed by atoms with Gasteiger partial charge in [0.05, 0.1) is 31.1 Å². The number of nitrogens with zero attached hydrogens (tertiary/aromatic N) is 1. The van der Waals surface area contributed by atoms with E-state index < -0.39 is 27.9 Å². The molecule has 0 unspecified atom stereocenters. The molecule has 1 aromatic carbocycles. The predicted molar refractivity (Wildman–Crippen MR) is 104 cm³/mol. The Hall–Kier alpha value is -2.04. The smallest absolute Gasteiger partial charge is 0.321 e. The normalized spacial score (nSPS) is 20.3. The van der Waals surface area contributed by atoms with Crippen LogP contribution in [0.25, 0.3) is 0 Å². The molecule has 1 heterocycles. The van der Waals surface area contributed by atoms with Gasteiger partial charge in [0.25, 0.3) is 5.91 Å². The lowest BCUT2D eigenvalue weighted by atomic mass is 10.2. The quantitative estimate of drug-likeness (QED) is 0.610. The minimum Gasteiger partial charge on any atom is -0.335 e. The van der Waals surface area contributed by atoms with Crippen molar-refractivity contribution in [2.45, 2.75) is 49.6 Å². The van der Waals surface area contributed by atoms with Crippen LogP contribution >= 0.6 is 0 Å². The molecule has 1 aliphatic heterocycles. The van der Waals surface area contributed by atoms with Crippen LogP contribution in [0, 0.1) is 5.82 Å². The highest BCUT2D eigenvalue weighted by Crippen LogP contribution is 2.17. The Kier molecular flexibility index (Phi) is 6.86. The van der Waals surface area contributed by atoms with E-state index in [-0.39, 0.29) is 29.9 Å². The third kappa shape index (κ3) is 5.31. The molecular formula is C19H28FN4O4S+. The third-order valence-electron chi connectivity index (χ3n) is 5.75. The number of rotatable bonds is 5. The minimum atomic E-state index is -3.69. The van der Waals surface area contributed by atoms with Gasteiger partial charge in [-0.2, -0.15) is 4.31 Å². The summed E-state index contributed by atoms with van der Waals surface area (Å²) in [6.07, 6.45) is 4.05. The first-order valence-electron chi connectivity index (χ1n) is 9.99. The SMILES string of the molecule is C[C@@H](C(=O)NC(=O)NC1CCCC1)[NH+]1CCN(S(=O)(=O)c2ccc(F)cc2)CC1. The molecule has 8 nitrogen and oxygen atoms in total. The van der Waals surface area contributed by atoms with E-state index in [0.717, 1.165) is 42.7 Å². The lowest BCUT2D eigenvalue weighted by molar-refractivity contribution is -0.917. The Labute approximate surface area is 170 Å². The highest BCUT2D eigenvalue weighted by Gasteiger charge is 2.35. The van der Waals surface area contributed by atoms with Crippen LogP contribution in [0.4, 0.5) is 9.18 Å². The van der Waals surface area contributed by atoms with E-state index in [0.29, 0.717) is 13.1 Å². The zero-order chi connectivity index (χ0) is 21.0. The third-order valence-corrected chi connectivity index (χ3v) is 7.66. The Morgan fingerprint density at radius 3 is 2.31 bits per heavy atom. The molecule has 0 radical (unpaired) electrons. The molecule has 2 aliphatic rings. The molecule has 3 amide bonds. The molecule has 160 valence electrons. The van der Waals surface area contributed by atoms with Crippen LogP contribution < -0.4 is 15.5 Å². The van der Waals surface area contributed by atoms with Crippen LogP contribution in [0.3, 0.4) is 0 Å². The monoisotopic (exact) mass is 427 g/mol. The zero-order valence-corrected chi connectivity index (χ0v) is 17.3. The average molecular weight is 428 g/mol. The van der Waals surface area contributed by atoms with E-state index in [9.17, 15) is 22.4 Å². The fourth-order valence-electron chi connectivity index (χ4n) is 3.90. The van der Waals surface area contributed by atoms with E-state index in [2.05, 4.69) is 10.6 Å². The second kappa shape index (κ2) is 9.19. The Bertz CT molecular complexity index is 832. The van der Waals surface area contributed by atoms with Crippen molar-refractivity contribution in [3.63, 3.8) is 0 Å². The maximum absolute atomic E-state index is 13.1. The number of hydrogen-bond acceptors (Lipinski definition) is 4. The second-order valence-corrected chi connectivity index (χ2v) is 9.62. The van der Waals surface area contributed by atoms with E-state index in [1.807, 2.05) is 0 Å². The van der Waals surface area contributed by atoms with Gasteiger partial charge in [0, 0.05) is 6.04 Å². The fraction of sp³-hybridized carbons (Fsp3) is 0.579. The Balaban J connectivity index is 1.50. The molecule has 3 N–H and O–H groups in total. The summed E-state index contributed by atoms with van der Waals surface area (Å²) in [7, 11) is -3.69. The predicted octanol–water partition coefficient (Wildman–Crippen LogP) is -0.128. The summed E-state index contributed by atoms with van der Waals surface area (Å²) in [5.74, 6) is -0.861. The number of piperazine rings is 1. The molecule has 0 bridgehead atoms. The van der Waals surface area contributed by atoms with Crippen molar-refractivity contribution in [2.24, 2.45) is 0 Å². The first kappa shape index (κ1) is 21.7. The number of carbonyl (C=O) groups is 2. The number of benzene rings is 1. The Morgan fingerprint density at radius 2 is 1.72 bits per heavy atom. The first-order valence-corrected chi connectivity index (χ1v) is 11.4. The molecule has 3 rings (SSSR count). The van der Waals surface area contributed by atoms with Crippen LogP contribution in [0.15, 0.2) is 29.2 Å². The van der Waals surface area contributed by atoms with Gasteiger partial charge in [-0.25, -0.2) is 17.6 Å². The molecule has 1 aromatic rings. The number of imide groups is 1. The topological polar surface area (TPSA) is 100 Å². The lowest BCUT2D eigenvalue weighted by Crippen LogP contribution is -3.19. The van der Waals surface area contributed by atoms with Gasteiger partial charge in [-0.1, -0.05) is 12.8 Å². The molecule has 29 heavy (non-hydrogen) atoms.